The highest BCUT2D eigenvalue weighted by Gasteiger charge is 2.26. The van der Waals surface area contributed by atoms with Crippen LogP contribution in [-0.2, 0) is 0 Å². The fourth-order valence-corrected chi connectivity index (χ4v) is 5.57. The van der Waals surface area contributed by atoms with Crippen LogP contribution in [0.1, 0.15) is 53.4 Å². The van der Waals surface area contributed by atoms with E-state index in [1.807, 2.05) is 17.5 Å². The number of halogens is 1. The Kier molecular flexibility index (Phi) is 6.52. The summed E-state index contributed by atoms with van der Waals surface area (Å²) in [6.45, 7) is 5.10. The van der Waals surface area contributed by atoms with Crippen LogP contribution in [0.3, 0.4) is 0 Å². The highest BCUT2D eigenvalue weighted by Crippen LogP contribution is 2.33. The molecule has 32 heavy (non-hydrogen) atoms. The molecule has 2 saturated heterocycles. The third-order valence-electron chi connectivity index (χ3n) is 6.91. The molecule has 0 spiro atoms. The van der Waals surface area contributed by atoms with E-state index >= 15 is 0 Å². The van der Waals surface area contributed by atoms with Crippen molar-refractivity contribution in [2.75, 3.05) is 32.7 Å². The summed E-state index contributed by atoms with van der Waals surface area (Å²) in [5.74, 6) is 0.822. The van der Waals surface area contributed by atoms with Crippen molar-refractivity contribution >= 4 is 28.2 Å². The second-order valence-electron chi connectivity index (χ2n) is 8.96. The van der Waals surface area contributed by atoms with Crippen LogP contribution in [0.25, 0.3) is 11.0 Å². The molecule has 0 unspecified atom stereocenters. The number of hydrogen-bond donors (Lipinski definition) is 1. The average molecular weight is 457 g/mol. The quantitative estimate of drug-likeness (QED) is 0.585. The van der Waals surface area contributed by atoms with E-state index in [4.69, 9.17) is 4.52 Å². The zero-order chi connectivity index (χ0) is 21.9. The predicted octanol–water partition coefficient (Wildman–Crippen LogP) is 4.65. The van der Waals surface area contributed by atoms with Crippen molar-refractivity contribution < 1.29 is 13.7 Å². The Bertz CT molecular complexity index is 1040. The molecule has 2 aromatic heterocycles. The molecule has 170 valence electrons. The van der Waals surface area contributed by atoms with Gasteiger partial charge in [-0.2, -0.15) is 0 Å². The summed E-state index contributed by atoms with van der Waals surface area (Å²) >= 11 is 1.48. The lowest BCUT2D eigenvalue weighted by Crippen LogP contribution is -2.46. The Balaban J connectivity index is 1.04. The van der Waals surface area contributed by atoms with Crippen molar-refractivity contribution in [1.82, 2.24) is 20.5 Å². The van der Waals surface area contributed by atoms with Gasteiger partial charge in [-0.05, 0) is 81.2 Å². The molecule has 0 saturated carbocycles. The van der Waals surface area contributed by atoms with Gasteiger partial charge < -0.3 is 9.42 Å². The Morgan fingerprint density at radius 2 is 1.97 bits per heavy atom. The van der Waals surface area contributed by atoms with Crippen LogP contribution in [0.4, 0.5) is 4.39 Å². The summed E-state index contributed by atoms with van der Waals surface area (Å²) in [5.41, 5.74) is 4.57. The van der Waals surface area contributed by atoms with Crippen molar-refractivity contribution in [2.45, 2.75) is 38.0 Å². The van der Waals surface area contributed by atoms with Gasteiger partial charge in [0.1, 0.15) is 5.82 Å². The van der Waals surface area contributed by atoms with Crippen molar-refractivity contribution in [3.63, 3.8) is 0 Å². The van der Waals surface area contributed by atoms with E-state index < -0.39 is 0 Å². The highest BCUT2D eigenvalue weighted by molar-refractivity contribution is 7.12. The first kappa shape index (κ1) is 21.6. The van der Waals surface area contributed by atoms with Gasteiger partial charge >= 0.3 is 0 Å². The number of amides is 1. The molecule has 0 bridgehead atoms. The number of likely N-dealkylation sites (tertiary alicyclic amines) is 1. The summed E-state index contributed by atoms with van der Waals surface area (Å²) in [7, 11) is 0. The van der Waals surface area contributed by atoms with E-state index in [1.54, 1.807) is 6.07 Å². The fraction of sp³-hybridized carbons (Fsp3) is 0.500. The molecule has 4 heterocycles. The normalized spacial score (nSPS) is 19.5. The number of carbonyl (C=O) groups excluding carboxylic acids is 1. The van der Waals surface area contributed by atoms with E-state index in [0.717, 1.165) is 80.3 Å². The number of rotatable bonds is 6. The lowest BCUT2D eigenvalue weighted by molar-refractivity contribution is 0.0688. The smallest absolute Gasteiger partial charge is 0.275 e. The van der Waals surface area contributed by atoms with Gasteiger partial charge in [0.25, 0.3) is 5.91 Å². The maximum absolute atomic E-state index is 13.4. The minimum Gasteiger partial charge on any atom is -0.356 e. The average Bonchev–Trinajstić information content (AvgIpc) is 3.49. The van der Waals surface area contributed by atoms with Crippen molar-refractivity contribution in [2.24, 2.45) is 5.92 Å². The number of thiophene rings is 1. The second-order valence-corrected chi connectivity index (χ2v) is 9.91. The Labute approximate surface area is 191 Å². The monoisotopic (exact) mass is 456 g/mol. The van der Waals surface area contributed by atoms with Gasteiger partial charge in [0, 0.05) is 30.5 Å². The van der Waals surface area contributed by atoms with Crippen LogP contribution < -0.4 is 5.43 Å². The third kappa shape index (κ3) is 4.87. The van der Waals surface area contributed by atoms with Crippen molar-refractivity contribution in [1.29, 1.82) is 0 Å². The number of benzene rings is 1. The zero-order valence-electron chi connectivity index (χ0n) is 18.1. The molecule has 3 aromatic rings. The Morgan fingerprint density at radius 1 is 1.16 bits per heavy atom. The van der Waals surface area contributed by atoms with Crippen LogP contribution in [0.5, 0.6) is 0 Å². The predicted molar refractivity (Wildman–Crippen MR) is 123 cm³/mol. The molecule has 5 rings (SSSR count). The Morgan fingerprint density at radius 3 is 2.72 bits per heavy atom. The van der Waals surface area contributed by atoms with Gasteiger partial charge in [0.05, 0.1) is 10.6 Å². The second kappa shape index (κ2) is 9.68. The van der Waals surface area contributed by atoms with Crippen LogP contribution in [-0.4, -0.2) is 53.7 Å². The van der Waals surface area contributed by atoms with E-state index in [1.165, 1.54) is 29.9 Å². The SMILES string of the molecule is O=C(NN1CCC(CCN2CCC(c3noc4cc(F)ccc34)CC2)CC1)c1cccs1. The molecule has 1 aromatic carbocycles. The first-order valence-corrected chi connectivity index (χ1v) is 12.4. The lowest BCUT2D eigenvalue weighted by Gasteiger charge is -2.35. The summed E-state index contributed by atoms with van der Waals surface area (Å²) in [6.07, 6.45) is 5.59. The van der Waals surface area contributed by atoms with Gasteiger partial charge in [-0.3, -0.25) is 10.2 Å². The maximum Gasteiger partial charge on any atom is 0.275 e. The molecule has 6 nitrogen and oxygen atoms in total. The molecule has 2 fully saturated rings. The largest absolute Gasteiger partial charge is 0.356 e. The molecule has 2 aliphatic rings. The standard InChI is InChI=1S/C24H29FN4O2S/c25-19-3-4-20-21(16-19)31-27-23(20)18-8-11-28(12-9-18)10-5-17-6-13-29(14-7-17)26-24(30)22-2-1-15-32-22/h1-4,15-18H,5-14H2,(H,26,30). The minimum absolute atomic E-state index is 0.00588. The molecule has 1 amide bonds. The van der Waals surface area contributed by atoms with Gasteiger partial charge in [-0.15, -0.1) is 11.3 Å². The number of hydrazine groups is 1. The van der Waals surface area contributed by atoms with Crippen LogP contribution >= 0.6 is 11.3 Å². The number of fused-ring (bicyclic) bond motifs is 1. The van der Waals surface area contributed by atoms with E-state index in [2.05, 4.69) is 20.5 Å². The van der Waals surface area contributed by atoms with Gasteiger partial charge in [-0.1, -0.05) is 11.2 Å². The number of nitrogens with one attached hydrogen (secondary N) is 1. The van der Waals surface area contributed by atoms with Crippen molar-refractivity contribution in [3.05, 3.63) is 52.1 Å². The van der Waals surface area contributed by atoms with Crippen LogP contribution in [0.15, 0.2) is 40.2 Å². The van der Waals surface area contributed by atoms with Gasteiger partial charge in [0.2, 0.25) is 0 Å². The molecule has 0 aliphatic carbocycles. The number of hydrogen-bond acceptors (Lipinski definition) is 6. The zero-order valence-corrected chi connectivity index (χ0v) is 19.0. The number of aromatic nitrogens is 1. The fourth-order valence-electron chi connectivity index (χ4n) is 4.96. The molecule has 0 radical (unpaired) electrons. The molecule has 1 N–H and O–H groups in total. The molecule has 8 heteroatoms. The summed E-state index contributed by atoms with van der Waals surface area (Å²) in [6, 6.07) is 8.46. The first-order valence-electron chi connectivity index (χ1n) is 11.5. The number of carbonyl (C=O) groups is 1. The van der Waals surface area contributed by atoms with Crippen molar-refractivity contribution in [3.8, 4) is 0 Å². The topological polar surface area (TPSA) is 61.6 Å². The summed E-state index contributed by atoms with van der Waals surface area (Å²) < 4.78 is 18.8. The molecule has 0 atom stereocenters. The van der Waals surface area contributed by atoms with E-state index in [-0.39, 0.29) is 11.7 Å². The van der Waals surface area contributed by atoms with Crippen LogP contribution in [0.2, 0.25) is 0 Å². The lowest BCUT2D eigenvalue weighted by atomic mass is 9.90. The van der Waals surface area contributed by atoms with Gasteiger partial charge in [0.15, 0.2) is 5.58 Å². The van der Waals surface area contributed by atoms with Crippen LogP contribution in [0, 0.1) is 11.7 Å². The highest BCUT2D eigenvalue weighted by atomic mass is 32.1. The Hall–Kier alpha value is -2.29. The molecule has 2 aliphatic heterocycles. The first-order chi connectivity index (χ1) is 15.7. The summed E-state index contributed by atoms with van der Waals surface area (Å²) in [4.78, 5) is 15.5. The van der Waals surface area contributed by atoms with E-state index in [9.17, 15) is 9.18 Å². The molecular weight excluding hydrogens is 427 g/mol. The maximum atomic E-state index is 13.4. The van der Waals surface area contributed by atoms with Gasteiger partial charge in [-0.25, -0.2) is 9.40 Å². The van der Waals surface area contributed by atoms with E-state index in [0.29, 0.717) is 11.5 Å². The number of piperidine rings is 2. The third-order valence-corrected chi connectivity index (χ3v) is 7.78. The molecular formula is C24H29FN4O2S. The minimum atomic E-state index is -0.286. The number of nitrogens with zero attached hydrogens (tertiary/aromatic N) is 3. The summed E-state index contributed by atoms with van der Waals surface area (Å²) in [5, 5.41) is 9.20.